The van der Waals surface area contributed by atoms with Gasteiger partial charge in [-0.15, -0.1) is 6.58 Å². The largest absolute Gasteiger partial charge is 0.459 e. The van der Waals surface area contributed by atoms with E-state index in [1.807, 2.05) is 24.3 Å². The molecule has 1 fully saturated rings. The van der Waals surface area contributed by atoms with Crippen molar-refractivity contribution in [2.24, 2.45) is 22.9 Å². The highest BCUT2D eigenvalue weighted by Crippen LogP contribution is 2.62. The maximum atomic E-state index is 13.4. The molecule has 50 heavy (non-hydrogen) atoms. The third kappa shape index (κ3) is 7.57. The minimum Gasteiger partial charge on any atom is -0.459 e. The number of fused-ring (bicyclic) bond motifs is 2. The van der Waals surface area contributed by atoms with Gasteiger partial charge in [0.15, 0.2) is 0 Å². The van der Waals surface area contributed by atoms with Gasteiger partial charge in [0.1, 0.15) is 30.4 Å². The van der Waals surface area contributed by atoms with Crippen molar-refractivity contribution in [3.63, 3.8) is 0 Å². The average Bonchev–Trinajstić information content (AvgIpc) is 3.11. The zero-order valence-electron chi connectivity index (χ0n) is 30.2. The molecule has 5 rings (SSSR count). The number of unbranched alkanes of at least 4 members (excludes halogenated alkanes) is 2. The summed E-state index contributed by atoms with van der Waals surface area (Å²) >= 11 is 0. The van der Waals surface area contributed by atoms with Crippen molar-refractivity contribution in [3.8, 4) is 17.2 Å². The van der Waals surface area contributed by atoms with Crippen LogP contribution < -0.4 is 9.47 Å². The Morgan fingerprint density at radius 2 is 1.78 bits per heavy atom. The molecule has 1 heterocycles. The van der Waals surface area contributed by atoms with Gasteiger partial charge in [-0.05, 0) is 105 Å². The number of benzene rings is 2. The van der Waals surface area contributed by atoms with Crippen LogP contribution in [0, 0.1) is 31.6 Å². The third-order valence-corrected chi connectivity index (χ3v) is 10.6. The Morgan fingerprint density at radius 1 is 1.06 bits per heavy atom. The Bertz CT molecular complexity index is 1560. The smallest absolute Gasteiger partial charge is 0.409 e. The van der Waals surface area contributed by atoms with Gasteiger partial charge in [0.25, 0.3) is 0 Å². The first-order valence-electron chi connectivity index (χ1n) is 18.0. The van der Waals surface area contributed by atoms with Gasteiger partial charge in [-0.1, -0.05) is 36.2 Å². The SMILES string of the molecule is C=CCO[C@@]12Oc3ccc(Oc4ccc(C)c(C)c4)cc3[C@H]3[C@H](CCCCO)[C@@H](CCCCO)C=C(C(=NOC)C[C@@H]1N(C)C(=O)OCC)[C@H]32. The molecular formula is C40H54N2O8. The molecule has 2 N–H and O–H groups in total. The molecule has 0 unspecified atom stereocenters. The van der Waals surface area contributed by atoms with Crippen molar-refractivity contribution in [3.05, 3.63) is 77.4 Å². The van der Waals surface area contributed by atoms with E-state index in [0.29, 0.717) is 30.8 Å². The fraction of sp³-hybridized carbons (Fsp3) is 0.550. The van der Waals surface area contributed by atoms with E-state index in [9.17, 15) is 15.0 Å². The van der Waals surface area contributed by atoms with Crippen LogP contribution in [0.25, 0.3) is 0 Å². The van der Waals surface area contributed by atoms with Crippen molar-refractivity contribution < 1.29 is 38.8 Å². The summed E-state index contributed by atoms with van der Waals surface area (Å²) in [6.45, 7) is 10.6. The van der Waals surface area contributed by atoms with E-state index in [0.717, 1.165) is 53.8 Å². The van der Waals surface area contributed by atoms with E-state index in [1.165, 1.54) is 12.7 Å². The molecule has 3 aliphatic rings. The molecule has 1 aliphatic heterocycles. The summed E-state index contributed by atoms with van der Waals surface area (Å²) in [5.74, 6) is 0.546. The summed E-state index contributed by atoms with van der Waals surface area (Å²) in [6, 6.07) is 11.4. The van der Waals surface area contributed by atoms with Crippen molar-refractivity contribution in [2.75, 3.05) is 40.6 Å². The second kappa shape index (κ2) is 16.9. The average molecular weight is 691 g/mol. The van der Waals surface area contributed by atoms with Gasteiger partial charge < -0.3 is 38.9 Å². The second-order valence-electron chi connectivity index (χ2n) is 13.6. The minimum absolute atomic E-state index is 0.119. The van der Waals surface area contributed by atoms with Crippen LogP contribution >= 0.6 is 0 Å². The van der Waals surface area contributed by atoms with Crippen LogP contribution in [0.1, 0.15) is 74.5 Å². The number of allylic oxidation sites excluding steroid dienone is 1. The van der Waals surface area contributed by atoms with Crippen molar-refractivity contribution >= 4 is 11.8 Å². The minimum atomic E-state index is -1.31. The predicted octanol–water partition coefficient (Wildman–Crippen LogP) is 7.45. The number of aryl methyl sites for hydroxylation is 2. The highest BCUT2D eigenvalue weighted by molar-refractivity contribution is 6.02. The Balaban J connectivity index is 1.74. The lowest BCUT2D eigenvalue weighted by molar-refractivity contribution is -0.253. The van der Waals surface area contributed by atoms with Gasteiger partial charge in [-0.3, -0.25) is 0 Å². The highest BCUT2D eigenvalue weighted by atomic mass is 16.7. The molecule has 0 spiro atoms. The maximum absolute atomic E-state index is 13.4. The number of aliphatic hydroxyl groups is 2. The van der Waals surface area contributed by atoms with Gasteiger partial charge in [-0.2, -0.15) is 0 Å². The van der Waals surface area contributed by atoms with Crippen LogP contribution in [0.2, 0.25) is 0 Å². The third-order valence-electron chi connectivity index (χ3n) is 10.6. The summed E-state index contributed by atoms with van der Waals surface area (Å²) < 4.78 is 25.9. The Morgan fingerprint density at radius 3 is 2.46 bits per heavy atom. The predicted molar refractivity (Wildman–Crippen MR) is 193 cm³/mol. The molecule has 2 aromatic rings. The summed E-state index contributed by atoms with van der Waals surface area (Å²) in [4.78, 5) is 20.4. The number of carbonyl (C=O) groups is 1. The molecule has 6 atom stereocenters. The number of amides is 1. The van der Waals surface area contributed by atoms with E-state index < -0.39 is 17.9 Å². The van der Waals surface area contributed by atoms with Crippen LogP contribution in [-0.4, -0.2) is 79.3 Å². The molecule has 2 aliphatic carbocycles. The van der Waals surface area contributed by atoms with Crippen LogP contribution in [0.15, 0.2) is 65.9 Å². The summed E-state index contributed by atoms with van der Waals surface area (Å²) in [5.41, 5.74) is 5.05. The molecular weight excluding hydrogens is 636 g/mol. The zero-order valence-corrected chi connectivity index (χ0v) is 30.2. The quantitative estimate of drug-likeness (QED) is 0.106. The number of hydrogen-bond donors (Lipinski definition) is 2. The highest BCUT2D eigenvalue weighted by Gasteiger charge is 2.65. The summed E-state index contributed by atoms with van der Waals surface area (Å²) in [6.07, 6.45) is 8.68. The topological polar surface area (TPSA) is 119 Å². The van der Waals surface area contributed by atoms with Gasteiger partial charge >= 0.3 is 6.09 Å². The monoisotopic (exact) mass is 690 g/mol. The normalized spacial score (nSPS) is 25.9. The molecule has 0 bridgehead atoms. The number of likely N-dealkylation sites (N-methyl/N-ethyl adjacent to an activating group) is 1. The Kier molecular flexibility index (Phi) is 12.6. The number of hydrogen-bond acceptors (Lipinski definition) is 9. The van der Waals surface area contributed by atoms with Gasteiger partial charge in [0.2, 0.25) is 5.79 Å². The van der Waals surface area contributed by atoms with Crippen molar-refractivity contribution in [1.29, 1.82) is 0 Å². The standard InChI is InChI=1S/C40H54N2O8/c1-7-21-48-40-36(42(5)39(45)47-8-2)25-34(41-46-6)32-23-28(13-9-11-19-43)31(14-10-12-20-44)37(38(32)40)33-24-30(17-18-35(33)50-40)49-29-16-15-26(3)27(4)22-29/h7,15-18,22-24,28,31,36-38,43-44H,1,8-14,19-21,25H2,2-6H3/t28-,31+,36-,37+,38+,40+/m0/s1. The fourth-order valence-electron chi connectivity index (χ4n) is 8.17. The zero-order chi connectivity index (χ0) is 35.8. The number of aliphatic hydroxyl groups excluding tert-OH is 2. The first kappa shape index (κ1) is 37.4. The van der Waals surface area contributed by atoms with Gasteiger partial charge in [0, 0.05) is 38.2 Å². The van der Waals surface area contributed by atoms with Crippen LogP contribution in [-0.2, 0) is 14.3 Å². The second-order valence-corrected chi connectivity index (χ2v) is 13.6. The van der Waals surface area contributed by atoms with Crippen LogP contribution in [0.3, 0.4) is 0 Å². The van der Waals surface area contributed by atoms with Crippen LogP contribution in [0.4, 0.5) is 4.79 Å². The lowest BCUT2D eigenvalue weighted by Gasteiger charge is -2.59. The molecule has 0 saturated heterocycles. The lowest BCUT2D eigenvalue weighted by atomic mass is 9.55. The van der Waals surface area contributed by atoms with E-state index in [-0.39, 0.29) is 50.1 Å². The number of ether oxygens (including phenoxy) is 4. The fourth-order valence-corrected chi connectivity index (χ4v) is 8.17. The first-order chi connectivity index (χ1) is 24.2. The van der Waals surface area contributed by atoms with E-state index in [1.54, 1.807) is 24.9 Å². The number of carbonyl (C=O) groups excluding carboxylic acids is 1. The number of oxime groups is 1. The molecule has 1 saturated carbocycles. The molecule has 0 radical (unpaired) electrons. The molecule has 0 aromatic heterocycles. The Labute approximate surface area is 296 Å². The summed E-state index contributed by atoms with van der Waals surface area (Å²) in [7, 11) is 3.25. The first-order valence-corrected chi connectivity index (χ1v) is 18.0. The molecule has 2 aromatic carbocycles. The number of rotatable bonds is 16. The van der Waals surface area contributed by atoms with Crippen LogP contribution in [0.5, 0.6) is 17.2 Å². The van der Waals surface area contributed by atoms with Gasteiger partial charge in [0.05, 0.1) is 24.8 Å². The van der Waals surface area contributed by atoms with Crippen molar-refractivity contribution in [2.45, 2.75) is 83.5 Å². The van der Waals surface area contributed by atoms with E-state index in [2.05, 4.69) is 43.8 Å². The molecule has 10 heteroatoms. The molecule has 10 nitrogen and oxygen atoms in total. The molecule has 1 amide bonds. The maximum Gasteiger partial charge on any atom is 0.409 e. The summed E-state index contributed by atoms with van der Waals surface area (Å²) in [5, 5.41) is 24.1. The van der Waals surface area contributed by atoms with E-state index >= 15 is 0 Å². The van der Waals surface area contributed by atoms with Gasteiger partial charge in [-0.25, -0.2) is 4.79 Å². The number of nitrogens with zero attached hydrogens (tertiary/aromatic N) is 2. The Hall–Kier alpha value is -3.86. The van der Waals surface area contributed by atoms with E-state index in [4.69, 9.17) is 23.8 Å². The lowest BCUT2D eigenvalue weighted by Crippen LogP contribution is -2.69. The molecule has 272 valence electrons. The van der Waals surface area contributed by atoms with Crippen molar-refractivity contribution in [1.82, 2.24) is 4.90 Å².